The molecule has 0 bridgehead atoms. The van der Waals surface area contributed by atoms with E-state index in [0.29, 0.717) is 6.04 Å². The summed E-state index contributed by atoms with van der Waals surface area (Å²) >= 11 is 1.67. The molecule has 94 valence electrons. The van der Waals surface area contributed by atoms with Crippen LogP contribution in [0.15, 0.2) is 29.8 Å². The van der Waals surface area contributed by atoms with E-state index in [0.717, 1.165) is 23.7 Å². The Morgan fingerprint density at radius 2 is 2.33 bits per heavy atom. The number of benzene rings is 1. The van der Waals surface area contributed by atoms with Gasteiger partial charge in [-0.25, -0.2) is 9.37 Å². The highest BCUT2D eigenvalue weighted by Gasteiger charge is 2.28. The van der Waals surface area contributed by atoms with Gasteiger partial charge in [0.05, 0.1) is 6.04 Å². The van der Waals surface area contributed by atoms with Gasteiger partial charge in [-0.2, -0.15) is 0 Å². The second kappa shape index (κ2) is 4.69. The molecule has 1 aromatic heterocycles. The largest absolute Gasteiger partial charge is 0.341 e. The van der Waals surface area contributed by atoms with Crippen LogP contribution in [0.25, 0.3) is 0 Å². The van der Waals surface area contributed by atoms with Crippen LogP contribution in [0.1, 0.15) is 30.0 Å². The quantitative estimate of drug-likeness (QED) is 0.815. The second-order valence-electron chi connectivity index (χ2n) is 4.67. The Hall–Kier alpha value is -1.42. The van der Waals surface area contributed by atoms with Crippen molar-refractivity contribution in [1.29, 1.82) is 0 Å². The molecule has 1 unspecified atom stereocenters. The lowest BCUT2D eigenvalue weighted by Gasteiger charge is -2.25. The number of hydrogen-bond acceptors (Lipinski definition) is 3. The van der Waals surface area contributed by atoms with Gasteiger partial charge in [-0.3, -0.25) is 0 Å². The van der Waals surface area contributed by atoms with Gasteiger partial charge in [0.25, 0.3) is 0 Å². The molecule has 1 saturated heterocycles. The van der Waals surface area contributed by atoms with Crippen LogP contribution in [0, 0.1) is 12.7 Å². The molecule has 0 N–H and O–H groups in total. The van der Waals surface area contributed by atoms with Crippen LogP contribution in [0.5, 0.6) is 0 Å². The van der Waals surface area contributed by atoms with Crippen LogP contribution in [0.4, 0.5) is 9.52 Å². The van der Waals surface area contributed by atoms with Crippen LogP contribution in [0.3, 0.4) is 0 Å². The maximum absolute atomic E-state index is 13.2. The summed E-state index contributed by atoms with van der Waals surface area (Å²) in [5.74, 6) is -0.157. The Kier molecular flexibility index (Phi) is 3.04. The number of aryl methyl sites for hydroxylation is 1. The lowest BCUT2D eigenvalue weighted by molar-refractivity contribution is 0.622. The Morgan fingerprint density at radius 1 is 1.44 bits per heavy atom. The first-order valence-corrected chi connectivity index (χ1v) is 7.06. The molecular weight excluding hydrogens is 247 g/mol. The van der Waals surface area contributed by atoms with E-state index in [1.54, 1.807) is 23.5 Å². The lowest BCUT2D eigenvalue weighted by atomic mass is 9.99. The topological polar surface area (TPSA) is 16.1 Å². The van der Waals surface area contributed by atoms with Gasteiger partial charge in [0.15, 0.2) is 5.13 Å². The normalized spacial score (nSPS) is 19.4. The van der Waals surface area contributed by atoms with Crippen molar-refractivity contribution in [3.05, 3.63) is 46.7 Å². The number of anilines is 1. The van der Waals surface area contributed by atoms with Gasteiger partial charge < -0.3 is 4.90 Å². The van der Waals surface area contributed by atoms with Crippen molar-refractivity contribution in [2.45, 2.75) is 25.8 Å². The van der Waals surface area contributed by atoms with E-state index < -0.39 is 0 Å². The first-order valence-electron chi connectivity index (χ1n) is 6.18. The molecule has 1 aromatic carbocycles. The summed E-state index contributed by atoms with van der Waals surface area (Å²) in [5.41, 5.74) is 2.26. The van der Waals surface area contributed by atoms with Crippen molar-refractivity contribution in [3.8, 4) is 0 Å². The fourth-order valence-electron chi connectivity index (χ4n) is 2.69. The molecule has 18 heavy (non-hydrogen) atoms. The van der Waals surface area contributed by atoms with E-state index in [1.165, 1.54) is 12.0 Å². The Morgan fingerprint density at radius 3 is 3.06 bits per heavy atom. The number of aromatic nitrogens is 1. The van der Waals surface area contributed by atoms with E-state index in [4.69, 9.17) is 0 Å². The van der Waals surface area contributed by atoms with Crippen molar-refractivity contribution in [2.24, 2.45) is 0 Å². The molecular formula is C14H15FN2S. The standard InChI is InChI=1S/C14H15FN2S/c1-10-9-11(15)4-5-12(10)13-3-2-7-17(13)14-16-6-8-18-14/h4-6,8-9,13H,2-3,7H2,1H3. The van der Waals surface area contributed by atoms with Crippen molar-refractivity contribution >= 4 is 16.5 Å². The number of halogens is 1. The summed E-state index contributed by atoms with van der Waals surface area (Å²) in [6, 6.07) is 5.44. The van der Waals surface area contributed by atoms with Gasteiger partial charge in [0.1, 0.15) is 5.82 Å². The first kappa shape index (κ1) is 11.7. The summed E-state index contributed by atoms with van der Waals surface area (Å²) in [7, 11) is 0. The second-order valence-corrected chi connectivity index (χ2v) is 5.54. The molecule has 3 rings (SSSR count). The molecule has 2 heterocycles. The third-order valence-corrected chi connectivity index (χ3v) is 4.32. The zero-order valence-electron chi connectivity index (χ0n) is 10.3. The minimum absolute atomic E-state index is 0.157. The molecule has 1 atom stereocenters. The highest BCUT2D eigenvalue weighted by atomic mass is 32.1. The molecule has 1 aliphatic rings. The van der Waals surface area contributed by atoms with Crippen LogP contribution < -0.4 is 4.90 Å². The van der Waals surface area contributed by atoms with E-state index in [2.05, 4.69) is 9.88 Å². The zero-order chi connectivity index (χ0) is 12.5. The number of rotatable bonds is 2. The third-order valence-electron chi connectivity index (χ3n) is 3.51. The summed E-state index contributed by atoms with van der Waals surface area (Å²) < 4.78 is 13.2. The Balaban J connectivity index is 1.95. The lowest BCUT2D eigenvalue weighted by Crippen LogP contribution is -2.22. The van der Waals surface area contributed by atoms with Crippen LogP contribution in [-0.2, 0) is 0 Å². The predicted octanol–water partition coefficient (Wildman–Crippen LogP) is 3.93. The molecule has 1 aliphatic heterocycles. The van der Waals surface area contributed by atoms with Gasteiger partial charge in [-0.05, 0) is 43.0 Å². The molecule has 4 heteroatoms. The zero-order valence-corrected chi connectivity index (χ0v) is 11.1. The molecule has 2 aromatic rings. The molecule has 2 nitrogen and oxygen atoms in total. The molecule has 0 radical (unpaired) electrons. The summed E-state index contributed by atoms with van der Waals surface area (Å²) in [4.78, 5) is 6.73. The van der Waals surface area contributed by atoms with E-state index in [1.807, 2.05) is 24.6 Å². The SMILES string of the molecule is Cc1cc(F)ccc1C1CCCN1c1nccs1. The van der Waals surface area contributed by atoms with Gasteiger partial charge in [0.2, 0.25) is 0 Å². The first-order chi connectivity index (χ1) is 8.75. The number of nitrogens with zero attached hydrogens (tertiary/aromatic N) is 2. The molecule has 0 aliphatic carbocycles. The minimum atomic E-state index is -0.157. The molecule has 0 spiro atoms. The van der Waals surface area contributed by atoms with E-state index in [-0.39, 0.29) is 5.82 Å². The monoisotopic (exact) mass is 262 g/mol. The summed E-state index contributed by atoms with van der Waals surface area (Å²) in [6.45, 7) is 3.02. The summed E-state index contributed by atoms with van der Waals surface area (Å²) in [6.07, 6.45) is 4.13. The Bertz CT molecular complexity index is 539. The average Bonchev–Trinajstić information content (AvgIpc) is 2.98. The van der Waals surface area contributed by atoms with E-state index in [9.17, 15) is 4.39 Å². The fraction of sp³-hybridized carbons (Fsp3) is 0.357. The van der Waals surface area contributed by atoms with Crippen LogP contribution in [0.2, 0.25) is 0 Å². The van der Waals surface area contributed by atoms with Crippen molar-refractivity contribution in [2.75, 3.05) is 11.4 Å². The van der Waals surface area contributed by atoms with Crippen molar-refractivity contribution in [3.63, 3.8) is 0 Å². The number of hydrogen-bond donors (Lipinski definition) is 0. The molecule has 0 saturated carbocycles. The maximum Gasteiger partial charge on any atom is 0.185 e. The van der Waals surface area contributed by atoms with Gasteiger partial charge in [0, 0.05) is 18.1 Å². The van der Waals surface area contributed by atoms with Gasteiger partial charge >= 0.3 is 0 Å². The van der Waals surface area contributed by atoms with Gasteiger partial charge in [-0.15, -0.1) is 11.3 Å². The average molecular weight is 262 g/mol. The third kappa shape index (κ3) is 2.01. The van der Waals surface area contributed by atoms with Gasteiger partial charge in [-0.1, -0.05) is 6.07 Å². The number of thiazole rings is 1. The molecule has 1 fully saturated rings. The van der Waals surface area contributed by atoms with Crippen molar-refractivity contribution in [1.82, 2.24) is 4.98 Å². The van der Waals surface area contributed by atoms with Crippen LogP contribution in [-0.4, -0.2) is 11.5 Å². The fourth-order valence-corrected chi connectivity index (χ4v) is 3.41. The highest BCUT2D eigenvalue weighted by Crippen LogP contribution is 2.38. The van der Waals surface area contributed by atoms with Crippen LogP contribution >= 0.6 is 11.3 Å². The smallest absolute Gasteiger partial charge is 0.185 e. The van der Waals surface area contributed by atoms with E-state index >= 15 is 0 Å². The maximum atomic E-state index is 13.2. The highest BCUT2D eigenvalue weighted by molar-refractivity contribution is 7.13. The van der Waals surface area contributed by atoms with Crippen molar-refractivity contribution < 1.29 is 4.39 Å². The minimum Gasteiger partial charge on any atom is -0.341 e. The summed E-state index contributed by atoms with van der Waals surface area (Å²) in [5, 5.41) is 3.07. The predicted molar refractivity (Wildman–Crippen MR) is 72.6 cm³/mol. The Labute approximate surface area is 110 Å². The molecule has 0 amide bonds.